The molecule has 1 N–H and O–H groups in total. The molecule has 1 saturated heterocycles. The molecular formula is C18H25NO6S. The van der Waals surface area contributed by atoms with Crippen LogP contribution in [0, 0.1) is 0 Å². The first-order valence-electron chi connectivity index (χ1n) is 8.62. The normalized spacial score (nSPS) is 18.1. The summed E-state index contributed by atoms with van der Waals surface area (Å²) in [7, 11) is -3.72. The summed E-state index contributed by atoms with van der Waals surface area (Å²) in [4.78, 5) is 25.5. The Balaban J connectivity index is 2.25. The van der Waals surface area contributed by atoms with Crippen LogP contribution in [0.2, 0.25) is 0 Å². The third kappa shape index (κ3) is 4.62. The van der Waals surface area contributed by atoms with Gasteiger partial charge < -0.3 is 14.7 Å². The van der Waals surface area contributed by atoms with Crippen LogP contribution in [0.1, 0.15) is 32.3 Å². The lowest BCUT2D eigenvalue weighted by Gasteiger charge is -2.31. The van der Waals surface area contributed by atoms with Crippen molar-refractivity contribution in [3.63, 3.8) is 0 Å². The molecule has 2 rings (SSSR count). The largest absolute Gasteiger partial charge is 0.480 e. The van der Waals surface area contributed by atoms with Crippen molar-refractivity contribution in [1.29, 1.82) is 0 Å². The van der Waals surface area contributed by atoms with E-state index in [4.69, 9.17) is 4.74 Å². The number of amides is 1. The third-order valence-corrected chi connectivity index (χ3v) is 7.37. The average Bonchev–Trinajstić information content (AvgIpc) is 2.65. The fraction of sp³-hybridized carbons (Fsp3) is 0.556. The van der Waals surface area contributed by atoms with Gasteiger partial charge in [0.25, 0.3) is 0 Å². The summed E-state index contributed by atoms with van der Waals surface area (Å²) < 4.78 is 30.8. The Morgan fingerprint density at radius 1 is 1.19 bits per heavy atom. The maximum Gasteiger partial charge on any atom is 0.326 e. The highest BCUT2D eigenvalue weighted by atomic mass is 32.2. The second-order valence-electron chi connectivity index (χ2n) is 6.51. The molecule has 1 aromatic rings. The number of sulfone groups is 1. The molecule has 8 heteroatoms. The van der Waals surface area contributed by atoms with Gasteiger partial charge in [-0.05, 0) is 32.3 Å². The Hall–Kier alpha value is -1.93. The maximum absolute atomic E-state index is 12.9. The summed E-state index contributed by atoms with van der Waals surface area (Å²) in [6.07, 6.45) is 0.709. The number of hydrogen-bond donors (Lipinski definition) is 1. The second-order valence-corrected chi connectivity index (χ2v) is 9.06. The number of benzene rings is 1. The summed E-state index contributed by atoms with van der Waals surface area (Å²) in [5, 5.41) is 7.43. The number of ether oxygens (including phenoxy) is 1. The van der Waals surface area contributed by atoms with Gasteiger partial charge in [0.2, 0.25) is 5.91 Å². The van der Waals surface area contributed by atoms with Gasteiger partial charge in [0, 0.05) is 19.8 Å². The Morgan fingerprint density at radius 3 is 2.31 bits per heavy atom. The minimum absolute atomic E-state index is 0.0424. The van der Waals surface area contributed by atoms with E-state index in [-0.39, 0.29) is 6.54 Å². The monoisotopic (exact) mass is 383 g/mol. The van der Waals surface area contributed by atoms with E-state index >= 15 is 0 Å². The van der Waals surface area contributed by atoms with E-state index in [0.717, 1.165) is 10.5 Å². The molecule has 1 aliphatic rings. The van der Waals surface area contributed by atoms with E-state index in [1.54, 1.807) is 24.3 Å². The van der Waals surface area contributed by atoms with Crippen LogP contribution >= 0.6 is 0 Å². The summed E-state index contributed by atoms with van der Waals surface area (Å²) >= 11 is 0. The van der Waals surface area contributed by atoms with Crippen LogP contribution in [0.5, 0.6) is 0 Å². The second kappa shape index (κ2) is 8.64. The van der Waals surface area contributed by atoms with Crippen molar-refractivity contribution in [2.45, 2.75) is 49.8 Å². The van der Waals surface area contributed by atoms with Crippen molar-refractivity contribution in [1.82, 2.24) is 4.90 Å². The Morgan fingerprint density at radius 2 is 1.77 bits per heavy atom. The molecule has 0 aliphatic carbocycles. The zero-order valence-electron chi connectivity index (χ0n) is 15.0. The maximum atomic E-state index is 12.9. The lowest BCUT2D eigenvalue weighted by molar-refractivity contribution is -0.149. The Bertz CT molecular complexity index is 727. The van der Waals surface area contributed by atoms with Crippen molar-refractivity contribution >= 4 is 21.7 Å². The predicted octanol–water partition coefficient (Wildman–Crippen LogP) is 1.47. The summed E-state index contributed by atoms with van der Waals surface area (Å²) in [6.45, 7) is 3.48. The van der Waals surface area contributed by atoms with Crippen molar-refractivity contribution in [3.8, 4) is 0 Å². The molecule has 1 heterocycles. The minimum Gasteiger partial charge on any atom is -0.480 e. The molecule has 0 radical (unpaired) electrons. The van der Waals surface area contributed by atoms with Gasteiger partial charge in [0.05, 0.1) is 5.25 Å². The van der Waals surface area contributed by atoms with E-state index in [0.29, 0.717) is 26.1 Å². The number of nitrogens with zero attached hydrogens (tertiary/aromatic N) is 1. The lowest BCUT2D eigenvalue weighted by Crippen LogP contribution is -2.50. The van der Waals surface area contributed by atoms with E-state index < -0.39 is 38.3 Å². The van der Waals surface area contributed by atoms with Gasteiger partial charge in [-0.15, -0.1) is 0 Å². The summed E-state index contributed by atoms with van der Waals surface area (Å²) in [5.41, 5.74) is 0.740. The standard InChI is InChI=1S/C18H25NO6S/c1-13(18(21)22)19(12-15-6-4-3-5-7-15)17(20)14(2)26(23,24)16-8-10-25-11-9-16/h3-7,13-14,16H,8-12H2,1-2H3,(H,21,22). The molecule has 1 aromatic carbocycles. The number of carboxylic acid groups (broad SMARTS) is 1. The summed E-state index contributed by atoms with van der Waals surface area (Å²) in [5.74, 6) is -1.86. The van der Waals surface area contributed by atoms with Crippen molar-refractivity contribution in [3.05, 3.63) is 35.9 Å². The smallest absolute Gasteiger partial charge is 0.326 e. The zero-order valence-corrected chi connectivity index (χ0v) is 15.8. The number of hydrogen-bond acceptors (Lipinski definition) is 5. The van der Waals surface area contributed by atoms with Crippen LogP contribution in [0.15, 0.2) is 30.3 Å². The Kier molecular flexibility index (Phi) is 6.77. The van der Waals surface area contributed by atoms with Crippen LogP contribution in [0.4, 0.5) is 0 Å². The molecule has 1 aliphatic heterocycles. The Labute approximate surface area is 153 Å². The number of carboxylic acids is 1. The van der Waals surface area contributed by atoms with Crippen LogP contribution < -0.4 is 0 Å². The van der Waals surface area contributed by atoms with Crippen molar-refractivity contribution < 1.29 is 27.9 Å². The molecule has 26 heavy (non-hydrogen) atoms. The molecule has 0 spiro atoms. The molecule has 144 valence electrons. The molecule has 7 nitrogen and oxygen atoms in total. The molecule has 1 fully saturated rings. The quantitative estimate of drug-likeness (QED) is 0.765. The van der Waals surface area contributed by atoms with Crippen LogP contribution in [-0.2, 0) is 30.7 Å². The average molecular weight is 383 g/mol. The highest BCUT2D eigenvalue weighted by Gasteiger charge is 2.40. The topological polar surface area (TPSA) is 101 Å². The third-order valence-electron chi connectivity index (χ3n) is 4.78. The lowest BCUT2D eigenvalue weighted by atomic mass is 10.1. The number of carbonyl (C=O) groups excluding carboxylic acids is 1. The van der Waals surface area contributed by atoms with Gasteiger partial charge in [-0.2, -0.15) is 0 Å². The van der Waals surface area contributed by atoms with Gasteiger partial charge in [-0.25, -0.2) is 13.2 Å². The molecular weight excluding hydrogens is 358 g/mol. The molecule has 2 unspecified atom stereocenters. The van der Waals surface area contributed by atoms with Crippen LogP contribution in [0.3, 0.4) is 0 Å². The van der Waals surface area contributed by atoms with Crippen molar-refractivity contribution in [2.24, 2.45) is 0 Å². The van der Waals surface area contributed by atoms with Gasteiger partial charge in [0.15, 0.2) is 9.84 Å². The molecule has 0 saturated carbocycles. The van der Waals surface area contributed by atoms with E-state index in [9.17, 15) is 23.1 Å². The molecule has 1 amide bonds. The van der Waals surface area contributed by atoms with Crippen LogP contribution in [-0.4, -0.2) is 60.1 Å². The first-order valence-corrected chi connectivity index (χ1v) is 10.2. The van der Waals surface area contributed by atoms with E-state index in [1.165, 1.54) is 13.8 Å². The number of aliphatic carboxylic acids is 1. The SMILES string of the molecule is CC(C(=O)O)N(Cc1ccccc1)C(=O)C(C)S(=O)(=O)C1CCOCC1. The van der Waals surface area contributed by atoms with Crippen molar-refractivity contribution in [2.75, 3.05) is 13.2 Å². The molecule has 2 atom stereocenters. The van der Waals surface area contributed by atoms with Crippen LogP contribution in [0.25, 0.3) is 0 Å². The fourth-order valence-corrected chi connectivity index (χ4v) is 4.83. The highest BCUT2D eigenvalue weighted by molar-refractivity contribution is 7.93. The minimum atomic E-state index is -3.72. The van der Waals surface area contributed by atoms with Gasteiger partial charge in [0.1, 0.15) is 11.3 Å². The molecule has 0 bridgehead atoms. The highest BCUT2D eigenvalue weighted by Crippen LogP contribution is 2.23. The van der Waals surface area contributed by atoms with Gasteiger partial charge >= 0.3 is 5.97 Å². The fourth-order valence-electron chi connectivity index (χ4n) is 2.99. The predicted molar refractivity (Wildman–Crippen MR) is 96.3 cm³/mol. The van der Waals surface area contributed by atoms with Gasteiger partial charge in [-0.1, -0.05) is 30.3 Å². The summed E-state index contributed by atoms with van der Waals surface area (Å²) in [6, 6.07) is 7.79. The molecule has 0 aromatic heterocycles. The van der Waals surface area contributed by atoms with Gasteiger partial charge in [-0.3, -0.25) is 4.79 Å². The van der Waals surface area contributed by atoms with E-state index in [2.05, 4.69) is 0 Å². The zero-order chi connectivity index (χ0) is 19.3. The first-order chi connectivity index (χ1) is 12.2. The number of rotatable bonds is 7. The van der Waals surface area contributed by atoms with E-state index in [1.807, 2.05) is 6.07 Å². The first kappa shape index (κ1) is 20.4. The number of carbonyl (C=O) groups is 2.